The number of carbonyl (C=O) groups is 1. The lowest BCUT2D eigenvalue weighted by atomic mass is 9.77. The minimum absolute atomic E-state index is 0.115. The van der Waals surface area contributed by atoms with Crippen LogP contribution in [0.4, 0.5) is 9.18 Å². The van der Waals surface area contributed by atoms with Gasteiger partial charge in [0.2, 0.25) is 0 Å². The fraction of sp³-hybridized carbons (Fsp3) is 0.579. The standard InChI is InChI=1S/C19H28BFN2O4/c1-17(2,3)25-16(24)23-12-13(10-15-11-14(21)8-9-22-15)20-26-18(4,5)19(6,7)27-20/h8-11H,12H2,1-7H3,(H,23,24). The van der Waals surface area contributed by atoms with Gasteiger partial charge in [0, 0.05) is 12.7 Å². The lowest BCUT2D eigenvalue weighted by molar-refractivity contribution is 0.00578. The summed E-state index contributed by atoms with van der Waals surface area (Å²) in [6, 6.07) is 2.57. The second-order valence-electron chi connectivity index (χ2n) is 8.56. The van der Waals surface area contributed by atoms with Crippen LogP contribution in [-0.4, -0.2) is 41.5 Å². The number of hydrogen-bond acceptors (Lipinski definition) is 5. The van der Waals surface area contributed by atoms with Gasteiger partial charge in [-0.1, -0.05) is 0 Å². The summed E-state index contributed by atoms with van der Waals surface area (Å²) in [5.41, 5.74) is -0.679. The average Bonchev–Trinajstić information content (AvgIpc) is 2.70. The number of aromatic nitrogens is 1. The van der Waals surface area contributed by atoms with Crippen molar-refractivity contribution < 1.29 is 23.2 Å². The molecular formula is C19H28BFN2O4. The van der Waals surface area contributed by atoms with Crippen molar-refractivity contribution in [1.29, 1.82) is 0 Å². The Labute approximate surface area is 160 Å². The van der Waals surface area contributed by atoms with Crippen LogP contribution in [0.2, 0.25) is 0 Å². The van der Waals surface area contributed by atoms with Crippen LogP contribution in [-0.2, 0) is 14.0 Å². The molecule has 1 amide bonds. The first kappa shape index (κ1) is 21.4. The predicted octanol–water partition coefficient (Wildman–Crippen LogP) is 3.76. The smallest absolute Gasteiger partial charge is 0.444 e. The summed E-state index contributed by atoms with van der Waals surface area (Å²) in [7, 11) is -0.699. The van der Waals surface area contributed by atoms with E-state index in [1.807, 2.05) is 27.7 Å². The van der Waals surface area contributed by atoms with E-state index in [0.717, 1.165) is 0 Å². The number of amides is 1. The van der Waals surface area contributed by atoms with Gasteiger partial charge in [-0.15, -0.1) is 0 Å². The van der Waals surface area contributed by atoms with E-state index in [9.17, 15) is 9.18 Å². The average molecular weight is 378 g/mol. The summed E-state index contributed by atoms with van der Waals surface area (Å²) in [5.74, 6) is -0.399. The van der Waals surface area contributed by atoms with Gasteiger partial charge in [0.25, 0.3) is 0 Å². The minimum atomic E-state index is -0.699. The first-order valence-electron chi connectivity index (χ1n) is 8.94. The molecule has 0 saturated carbocycles. The monoisotopic (exact) mass is 378 g/mol. The highest BCUT2D eigenvalue weighted by molar-refractivity contribution is 6.56. The molecule has 1 aromatic heterocycles. The highest BCUT2D eigenvalue weighted by atomic mass is 19.1. The number of halogens is 1. The van der Waals surface area contributed by atoms with Gasteiger partial charge in [0.15, 0.2) is 0 Å². The van der Waals surface area contributed by atoms with E-state index in [1.165, 1.54) is 18.3 Å². The van der Waals surface area contributed by atoms with E-state index in [-0.39, 0.29) is 6.54 Å². The number of rotatable bonds is 4. The third-order valence-electron chi connectivity index (χ3n) is 4.47. The molecule has 0 radical (unpaired) electrons. The summed E-state index contributed by atoms with van der Waals surface area (Å²) in [4.78, 5) is 16.2. The van der Waals surface area contributed by atoms with Crippen LogP contribution in [0.15, 0.2) is 23.8 Å². The van der Waals surface area contributed by atoms with Gasteiger partial charge in [-0.3, -0.25) is 4.98 Å². The summed E-state index contributed by atoms with van der Waals surface area (Å²) >= 11 is 0. The molecule has 1 aliphatic rings. The lowest BCUT2D eigenvalue weighted by Crippen LogP contribution is -2.41. The zero-order chi connectivity index (χ0) is 20.5. The largest absolute Gasteiger partial charge is 0.492 e. The Balaban J connectivity index is 2.23. The highest BCUT2D eigenvalue weighted by Crippen LogP contribution is 2.38. The van der Waals surface area contributed by atoms with Gasteiger partial charge in [0.05, 0.1) is 16.9 Å². The van der Waals surface area contributed by atoms with E-state index in [0.29, 0.717) is 11.2 Å². The molecule has 148 valence electrons. The van der Waals surface area contributed by atoms with Crippen LogP contribution >= 0.6 is 0 Å². The van der Waals surface area contributed by atoms with Gasteiger partial charge < -0.3 is 19.4 Å². The molecule has 1 fully saturated rings. The molecule has 1 N–H and O–H groups in total. The van der Waals surface area contributed by atoms with Crippen molar-refractivity contribution >= 4 is 19.3 Å². The van der Waals surface area contributed by atoms with Crippen LogP contribution in [0.25, 0.3) is 6.08 Å². The quantitative estimate of drug-likeness (QED) is 0.808. The van der Waals surface area contributed by atoms with Crippen LogP contribution < -0.4 is 5.32 Å². The summed E-state index contributed by atoms with van der Waals surface area (Å²) in [6.45, 7) is 13.2. The maximum absolute atomic E-state index is 13.5. The van der Waals surface area contributed by atoms with Crippen molar-refractivity contribution in [2.24, 2.45) is 0 Å². The van der Waals surface area contributed by atoms with Crippen molar-refractivity contribution in [1.82, 2.24) is 10.3 Å². The van der Waals surface area contributed by atoms with Gasteiger partial charge in [0.1, 0.15) is 11.4 Å². The van der Waals surface area contributed by atoms with Crippen LogP contribution in [0.5, 0.6) is 0 Å². The number of nitrogens with zero attached hydrogens (tertiary/aromatic N) is 1. The number of carbonyl (C=O) groups excluding carboxylic acids is 1. The number of nitrogens with one attached hydrogen (secondary N) is 1. The second-order valence-corrected chi connectivity index (χ2v) is 8.56. The summed E-state index contributed by atoms with van der Waals surface area (Å²) in [5, 5.41) is 2.69. The Kier molecular flexibility index (Phi) is 6.02. The first-order chi connectivity index (χ1) is 12.3. The molecule has 1 aliphatic heterocycles. The Hall–Kier alpha value is -1.93. The molecule has 8 heteroatoms. The number of ether oxygens (including phenoxy) is 1. The zero-order valence-corrected chi connectivity index (χ0v) is 17.1. The molecule has 0 atom stereocenters. The van der Waals surface area contributed by atoms with E-state index >= 15 is 0 Å². The predicted molar refractivity (Wildman–Crippen MR) is 102 cm³/mol. The van der Waals surface area contributed by atoms with E-state index in [1.54, 1.807) is 26.8 Å². The van der Waals surface area contributed by atoms with E-state index in [4.69, 9.17) is 14.0 Å². The molecule has 6 nitrogen and oxygen atoms in total. The number of alkyl carbamates (subject to hydrolysis) is 1. The maximum atomic E-state index is 13.5. The Morgan fingerprint density at radius 2 is 1.89 bits per heavy atom. The molecule has 27 heavy (non-hydrogen) atoms. The van der Waals surface area contributed by atoms with Crippen LogP contribution in [0.3, 0.4) is 0 Å². The second kappa shape index (κ2) is 7.60. The summed E-state index contributed by atoms with van der Waals surface area (Å²) < 4.78 is 30.9. The SMILES string of the molecule is CC(C)(C)OC(=O)NCC(=Cc1cc(F)ccn1)B1OC(C)(C)C(C)(C)O1. The van der Waals surface area contributed by atoms with Crippen LogP contribution in [0, 0.1) is 5.82 Å². The Morgan fingerprint density at radius 1 is 1.30 bits per heavy atom. The zero-order valence-electron chi connectivity index (χ0n) is 17.1. The molecule has 1 aromatic rings. The van der Waals surface area contributed by atoms with Gasteiger partial charge in [-0.05, 0) is 72.1 Å². The van der Waals surface area contributed by atoms with Crippen molar-refractivity contribution in [2.45, 2.75) is 65.3 Å². The number of hydrogen-bond donors (Lipinski definition) is 1. The molecule has 0 aliphatic carbocycles. The molecular weight excluding hydrogens is 350 g/mol. The van der Waals surface area contributed by atoms with Crippen molar-refractivity contribution in [3.8, 4) is 0 Å². The molecule has 2 rings (SSSR count). The van der Waals surface area contributed by atoms with Gasteiger partial charge >= 0.3 is 13.2 Å². The molecule has 0 aromatic carbocycles. The lowest BCUT2D eigenvalue weighted by Gasteiger charge is -2.32. The van der Waals surface area contributed by atoms with E-state index in [2.05, 4.69) is 10.3 Å². The third-order valence-corrected chi connectivity index (χ3v) is 4.47. The molecule has 0 spiro atoms. The Morgan fingerprint density at radius 3 is 2.41 bits per heavy atom. The topological polar surface area (TPSA) is 69.7 Å². The fourth-order valence-electron chi connectivity index (χ4n) is 2.38. The molecule has 1 saturated heterocycles. The first-order valence-corrected chi connectivity index (χ1v) is 8.94. The van der Waals surface area contributed by atoms with Crippen molar-refractivity contribution in [3.05, 3.63) is 35.3 Å². The minimum Gasteiger partial charge on any atom is -0.444 e. The number of pyridine rings is 1. The van der Waals surface area contributed by atoms with Crippen LogP contribution in [0.1, 0.15) is 54.2 Å². The van der Waals surface area contributed by atoms with Gasteiger partial charge in [-0.2, -0.15) is 0 Å². The highest BCUT2D eigenvalue weighted by Gasteiger charge is 2.52. The van der Waals surface area contributed by atoms with Crippen molar-refractivity contribution in [3.63, 3.8) is 0 Å². The summed E-state index contributed by atoms with van der Waals surface area (Å²) in [6.07, 6.45) is 2.48. The van der Waals surface area contributed by atoms with Crippen molar-refractivity contribution in [2.75, 3.05) is 6.54 Å². The Bertz CT molecular complexity index is 713. The molecule has 0 bridgehead atoms. The molecule has 0 unspecified atom stereocenters. The third kappa shape index (κ3) is 5.77. The van der Waals surface area contributed by atoms with Gasteiger partial charge in [-0.25, -0.2) is 9.18 Å². The van der Waals surface area contributed by atoms with E-state index < -0.39 is 35.8 Å². The fourth-order valence-corrected chi connectivity index (χ4v) is 2.38. The normalized spacial score (nSPS) is 19.1. The maximum Gasteiger partial charge on any atom is 0.492 e. The molecule has 2 heterocycles.